The van der Waals surface area contributed by atoms with Crippen molar-refractivity contribution >= 4 is 23.0 Å². The number of nitrogens with one attached hydrogen (secondary N) is 1. The largest absolute Gasteiger partial charge is 0.454 e. The third-order valence-corrected chi connectivity index (χ3v) is 7.04. The van der Waals surface area contributed by atoms with E-state index in [1.165, 1.54) is 17.0 Å². The maximum atomic E-state index is 5.89. The number of benzene rings is 1. The number of rotatable bonds is 5. The quantitative estimate of drug-likeness (QED) is 0.407. The number of ether oxygens (including phenoxy) is 2. The Morgan fingerprint density at radius 1 is 1.03 bits per heavy atom. The van der Waals surface area contributed by atoms with Gasteiger partial charge >= 0.3 is 0 Å². The molecule has 1 saturated heterocycles. The first-order chi connectivity index (χ1) is 17.1. The third kappa shape index (κ3) is 3.80. The minimum Gasteiger partial charge on any atom is -0.454 e. The van der Waals surface area contributed by atoms with Gasteiger partial charge in [0, 0.05) is 48.3 Å². The van der Waals surface area contributed by atoms with Gasteiger partial charge in [-0.25, -0.2) is 0 Å². The number of hydrogen-bond donors (Lipinski definition) is 1. The van der Waals surface area contributed by atoms with Crippen LogP contribution in [0.4, 0.5) is 5.69 Å². The molecule has 0 amide bonds. The predicted molar refractivity (Wildman–Crippen MR) is 138 cm³/mol. The number of pyridine rings is 2. The van der Waals surface area contributed by atoms with E-state index in [2.05, 4.69) is 50.7 Å². The first-order valence-electron chi connectivity index (χ1n) is 11.6. The maximum absolute atomic E-state index is 5.89. The topological polar surface area (TPSA) is 64.4 Å². The van der Waals surface area contributed by atoms with Crippen molar-refractivity contribution in [2.45, 2.75) is 32.5 Å². The smallest absolute Gasteiger partial charge is 0.231 e. The summed E-state index contributed by atoms with van der Waals surface area (Å²) in [5.41, 5.74) is 6.63. The predicted octanol–water partition coefficient (Wildman–Crippen LogP) is 4.85. The number of anilines is 1. The van der Waals surface area contributed by atoms with Gasteiger partial charge in [0.2, 0.25) is 6.79 Å². The van der Waals surface area contributed by atoms with Crippen molar-refractivity contribution < 1.29 is 9.47 Å². The normalized spacial score (nSPS) is 18.7. The van der Waals surface area contributed by atoms with E-state index in [9.17, 15) is 0 Å². The van der Waals surface area contributed by atoms with Crippen LogP contribution in [-0.4, -0.2) is 26.4 Å². The lowest BCUT2D eigenvalue weighted by molar-refractivity contribution is 0.174. The number of thiocarbonyl (C=S) groups is 1. The molecule has 0 bridgehead atoms. The first kappa shape index (κ1) is 21.6. The van der Waals surface area contributed by atoms with Crippen LogP contribution in [0.25, 0.3) is 0 Å². The van der Waals surface area contributed by atoms with Crippen molar-refractivity contribution in [1.82, 2.24) is 19.9 Å². The monoisotopic (exact) mass is 483 g/mol. The van der Waals surface area contributed by atoms with Gasteiger partial charge in [0.05, 0.1) is 17.8 Å². The van der Waals surface area contributed by atoms with E-state index in [1.54, 1.807) is 6.20 Å². The second kappa shape index (κ2) is 8.70. The molecule has 0 spiro atoms. The van der Waals surface area contributed by atoms with Gasteiger partial charge in [0.15, 0.2) is 16.6 Å². The summed E-state index contributed by atoms with van der Waals surface area (Å²) in [6, 6.07) is 18.1. The highest BCUT2D eigenvalue weighted by atomic mass is 32.1. The Labute approximate surface area is 209 Å². The lowest BCUT2D eigenvalue weighted by atomic mass is 9.96. The summed E-state index contributed by atoms with van der Waals surface area (Å²) < 4.78 is 13.5. The summed E-state index contributed by atoms with van der Waals surface area (Å²) in [7, 11) is 0. The molecule has 1 N–H and O–H groups in total. The van der Waals surface area contributed by atoms with Crippen LogP contribution in [0, 0.1) is 13.8 Å². The van der Waals surface area contributed by atoms with Crippen molar-refractivity contribution in [2.24, 2.45) is 0 Å². The molecule has 7 nitrogen and oxygen atoms in total. The lowest BCUT2D eigenvalue weighted by Crippen LogP contribution is -2.29. The van der Waals surface area contributed by atoms with Crippen molar-refractivity contribution in [3.63, 3.8) is 0 Å². The standard InChI is InChI=1S/C27H25N5O2S/c1-17-12-21(18(2)31(17)15-19-6-5-10-28-14-19)26-25(22-7-3-4-11-29-22)30-27(35)32(26)20-8-9-23-24(13-20)34-16-33-23/h3-14,25-26H,15-16H2,1-2H3,(H,30,35)/t25-,26-/m1/s1. The molecule has 2 aliphatic rings. The molecule has 1 aromatic carbocycles. The van der Waals surface area contributed by atoms with E-state index in [-0.39, 0.29) is 18.9 Å². The fourth-order valence-electron chi connectivity index (χ4n) is 5.03. The Bertz CT molecular complexity index is 1390. The Balaban J connectivity index is 1.46. The summed E-state index contributed by atoms with van der Waals surface area (Å²) in [6.45, 7) is 5.31. The van der Waals surface area contributed by atoms with Gasteiger partial charge in [0.1, 0.15) is 0 Å². The van der Waals surface area contributed by atoms with E-state index in [0.29, 0.717) is 5.11 Å². The third-order valence-electron chi connectivity index (χ3n) is 6.73. The molecule has 2 aliphatic heterocycles. The Morgan fingerprint density at radius 3 is 2.71 bits per heavy atom. The van der Waals surface area contributed by atoms with Crippen LogP contribution >= 0.6 is 12.2 Å². The first-order valence-corrected chi connectivity index (χ1v) is 12.0. The summed E-state index contributed by atoms with van der Waals surface area (Å²) in [5, 5.41) is 4.20. The number of aromatic nitrogens is 3. The highest BCUT2D eigenvalue weighted by molar-refractivity contribution is 7.80. The van der Waals surface area contributed by atoms with Crippen molar-refractivity contribution in [3.05, 3.63) is 101 Å². The highest BCUT2D eigenvalue weighted by Gasteiger charge is 2.42. The van der Waals surface area contributed by atoms with Crippen LogP contribution in [0.5, 0.6) is 11.5 Å². The van der Waals surface area contributed by atoms with Crippen molar-refractivity contribution in [1.29, 1.82) is 0 Å². The molecule has 2 atom stereocenters. The van der Waals surface area contributed by atoms with Gasteiger partial charge in [0.25, 0.3) is 0 Å². The molecule has 6 rings (SSSR count). The van der Waals surface area contributed by atoms with Gasteiger partial charge < -0.3 is 24.3 Å². The molecule has 0 unspecified atom stereocenters. The molecule has 3 aromatic heterocycles. The highest BCUT2D eigenvalue weighted by Crippen LogP contribution is 2.45. The number of fused-ring (bicyclic) bond motifs is 1. The second-order valence-corrected chi connectivity index (χ2v) is 9.19. The summed E-state index contributed by atoms with van der Waals surface area (Å²) in [5.74, 6) is 1.48. The lowest BCUT2D eigenvalue weighted by Gasteiger charge is -2.28. The molecule has 35 heavy (non-hydrogen) atoms. The maximum Gasteiger partial charge on any atom is 0.231 e. The number of nitrogens with zero attached hydrogens (tertiary/aromatic N) is 4. The van der Waals surface area contributed by atoms with Gasteiger partial charge in [-0.1, -0.05) is 12.1 Å². The average molecular weight is 484 g/mol. The summed E-state index contributed by atoms with van der Waals surface area (Å²) in [4.78, 5) is 11.1. The average Bonchev–Trinajstić information content (AvgIpc) is 3.56. The van der Waals surface area contributed by atoms with Crippen LogP contribution in [0.1, 0.15) is 40.3 Å². The fraction of sp³-hybridized carbons (Fsp3) is 0.222. The van der Waals surface area contributed by atoms with E-state index in [1.807, 2.05) is 54.9 Å². The fourth-order valence-corrected chi connectivity index (χ4v) is 5.37. The minimum absolute atomic E-state index is 0.0911. The van der Waals surface area contributed by atoms with Crippen LogP contribution in [0.2, 0.25) is 0 Å². The zero-order valence-corrected chi connectivity index (χ0v) is 20.3. The number of aryl methyl sites for hydroxylation is 1. The summed E-state index contributed by atoms with van der Waals surface area (Å²) >= 11 is 5.89. The molecule has 4 aromatic rings. The van der Waals surface area contributed by atoms with Crippen molar-refractivity contribution in [2.75, 3.05) is 11.7 Å². The zero-order valence-electron chi connectivity index (χ0n) is 19.5. The second-order valence-electron chi connectivity index (χ2n) is 8.81. The number of hydrogen-bond acceptors (Lipinski definition) is 5. The molecule has 8 heteroatoms. The Hall–Kier alpha value is -3.91. The molecular formula is C27H25N5O2S. The molecule has 0 radical (unpaired) electrons. The Kier molecular flexibility index (Phi) is 5.37. The molecule has 0 aliphatic carbocycles. The molecule has 0 saturated carbocycles. The van der Waals surface area contributed by atoms with Crippen LogP contribution in [0.3, 0.4) is 0 Å². The van der Waals surface area contributed by atoms with E-state index in [0.717, 1.165) is 35.0 Å². The Morgan fingerprint density at radius 2 is 1.91 bits per heavy atom. The molecule has 176 valence electrons. The SMILES string of the molecule is Cc1cc([C@@H]2[C@@H](c3ccccn3)NC(=S)N2c2ccc3c(c2)OCO3)c(C)n1Cc1cccnc1. The van der Waals surface area contributed by atoms with Crippen molar-refractivity contribution in [3.8, 4) is 11.5 Å². The van der Waals surface area contributed by atoms with E-state index < -0.39 is 0 Å². The van der Waals surface area contributed by atoms with Gasteiger partial charge in [-0.15, -0.1) is 0 Å². The van der Waals surface area contributed by atoms with Crippen LogP contribution in [0.15, 0.2) is 73.2 Å². The molecule has 5 heterocycles. The van der Waals surface area contributed by atoms with Crippen LogP contribution in [-0.2, 0) is 6.54 Å². The van der Waals surface area contributed by atoms with E-state index in [4.69, 9.17) is 21.7 Å². The zero-order chi connectivity index (χ0) is 23.9. The molecule has 1 fully saturated rings. The van der Waals surface area contributed by atoms with E-state index >= 15 is 0 Å². The molecular weight excluding hydrogens is 458 g/mol. The van der Waals surface area contributed by atoms with Crippen LogP contribution < -0.4 is 19.7 Å². The minimum atomic E-state index is -0.110. The van der Waals surface area contributed by atoms with Gasteiger partial charge in [-0.2, -0.15) is 0 Å². The summed E-state index contributed by atoms with van der Waals surface area (Å²) in [6.07, 6.45) is 5.54. The van der Waals surface area contributed by atoms with Gasteiger partial charge in [-0.05, 0) is 73.6 Å². The van der Waals surface area contributed by atoms with Gasteiger partial charge in [-0.3, -0.25) is 9.97 Å².